The van der Waals surface area contributed by atoms with Crippen molar-refractivity contribution >= 4 is 66.9 Å². The molecule has 0 aliphatic carbocycles. The van der Waals surface area contributed by atoms with Crippen LogP contribution in [0.1, 0.15) is 47.2 Å². The van der Waals surface area contributed by atoms with Gasteiger partial charge in [0.15, 0.2) is 11.2 Å². The smallest absolute Gasteiger partial charge is 0.349 e. The Balaban J connectivity index is 0.883. The molecule has 0 amide bonds. The summed E-state index contributed by atoms with van der Waals surface area (Å²) in [6, 6.07) is 39.7. The van der Waals surface area contributed by atoms with Crippen molar-refractivity contribution in [1.82, 2.24) is 9.97 Å². The van der Waals surface area contributed by atoms with Crippen LogP contribution in [0.25, 0.3) is 67.0 Å². The number of oxazole rings is 2. The number of anilines is 4. The highest BCUT2D eigenvalue weighted by Crippen LogP contribution is 2.35. The second-order valence-electron chi connectivity index (χ2n) is 16.2. The first-order chi connectivity index (χ1) is 30.5. The molecule has 0 saturated heterocycles. The largest absolute Gasteiger partial charge is 0.436 e. The summed E-state index contributed by atoms with van der Waals surface area (Å²) in [5.74, 6) is 0.394. The average molecular weight is 833 g/mol. The van der Waals surface area contributed by atoms with Gasteiger partial charge in [0, 0.05) is 58.7 Å². The number of rotatable bonds is 10. The summed E-state index contributed by atoms with van der Waals surface area (Å²) in [5, 5.41) is 1.53. The van der Waals surface area contributed by atoms with Gasteiger partial charge in [-0.1, -0.05) is 47.5 Å². The van der Waals surface area contributed by atoms with E-state index in [-0.39, 0.29) is 22.9 Å². The molecular weight excluding hydrogens is 789 g/mol. The first-order valence-electron chi connectivity index (χ1n) is 21.2. The van der Waals surface area contributed by atoms with Crippen molar-refractivity contribution in [2.75, 3.05) is 22.9 Å². The van der Waals surface area contributed by atoms with Gasteiger partial charge in [-0.15, -0.1) is 0 Å². The molecule has 10 heteroatoms. The highest BCUT2D eigenvalue weighted by atomic mass is 16.4. The van der Waals surface area contributed by atoms with Crippen molar-refractivity contribution in [1.29, 1.82) is 0 Å². The minimum absolute atomic E-state index is 0.197. The lowest BCUT2D eigenvalue weighted by Gasteiger charge is -2.25. The maximum Gasteiger partial charge on any atom is 0.349 e. The van der Waals surface area contributed by atoms with Crippen molar-refractivity contribution in [3.63, 3.8) is 0 Å². The molecule has 4 aromatic heterocycles. The van der Waals surface area contributed by atoms with Crippen LogP contribution in [0.5, 0.6) is 0 Å². The van der Waals surface area contributed by atoms with Crippen LogP contribution in [0, 0.1) is 27.7 Å². The van der Waals surface area contributed by atoms with Crippen LogP contribution in [0.3, 0.4) is 0 Å². The maximum absolute atomic E-state index is 13.4. The number of hydrogen-bond donors (Lipinski definition) is 0. The highest BCUT2D eigenvalue weighted by molar-refractivity contribution is 5.88. The summed E-state index contributed by atoms with van der Waals surface area (Å²) >= 11 is 0. The molecule has 10 nitrogen and oxygen atoms in total. The molecular formula is C53H44N4O6. The standard InChI is InChI=1S/C53H44N4O6/c1-7-56(44-17-9-30(3)21-32(44)5)38-15-13-36-26-40(52(58)62-48(36)28-38)50-54-42-24-34(11-19-46(42)60-50)23-35-12-20-47-43(25-35)55-51(61-47)41-27-37-14-16-39(29-49(37)63-53(41)59)57(8-2)45-18-10-31(4)22-33(45)6/h9-22,24-29H,7-8,23H2,1-6H3. The number of aryl methyl sites for hydroxylation is 4. The molecule has 0 spiro atoms. The molecule has 312 valence electrons. The van der Waals surface area contributed by atoms with Crippen molar-refractivity contribution in [2.24, 2.45) is 0 Å². The fraction of sp³-hybridized carbons (Fsp3) is 0.170. The first kappa shape index (κ1) is 39.4. The summed E-state index contributed by atoms with van der Waals surface area (Å²) in [7, 11) is 0. The van der Waals surface area contributed by atoms with E-state index in [4.69, 9.17) is 27.6 Å². The number of nitrogens with zero attached hydrogens (tertiary/aromatic N) is 4. The van der Waals surface area contributed by atoms with Crippen molar-refractivity contribution < 1.29 is 17.7 Å². The van der Waals surface area contributed by atoms with Gasteiger partial charge >= 0.3 is 11.3 Å². The molecule has 0 radical (unpaired) electrons. The predicted octanol–water partition coefficient (Wildman–Crippen LogP) is 12.7. The summed E-state index contributed by atoms with van der Waals surface area (Å²) in [5.41, 5.74) is 13.6. The number of aromatic nitrogens is 2. The van der Waals surface area contributed by atoms with Crippen molar-refractivity contribution in [2.45, 2.75) is 48.0 Å². The molecule has 63 heavy (non-hydrogen) atoms. The molecule has 0 N–H and O–H groups in total. The molecule has 0 atom stereocenters. The van der Waals surface area contributed by atoms with E-state index in [9.17, 15) is 9.59 Å². The molecule has 10 rings (SSSR count). The summed E-state index contributed by atoms with van der Waals surface area (Å²) in [6.07, 6.45) is 0.574. The van der Waals surface area contributed by atoms with E-state index in [2.05, 4.69) is 87.7 Å². The Morgan fingerprint density at radius 3 is 1.32 bits per heavy atom. The summed E-state index contributed by atoms with van der Waals surface area (Å²) in [4.78, 5) is 40.6. The number of hydrogen-bond acceptors (Lipinski definition) is 10. The van der Waals surface area contributed by atoms with Gasteiger partial charge < -0.3 is 27.5 Å². The van der Waals surface area contributed by atoms with E-state index in [1.807, 2.05) is 72.8 Å². The van der Waals surface area contributed by atoms with Gasteiger partial charge in [-0.05, 0) is 143 Å². The normalized spacial score (nSPS) is 11.7. The summed E-state index contributed by atoms with van der Waals surface area (Å²) < 4.78 is 23.9. The quantitative estimate of drug-likeness (QED) is 0.123. The van der Waals surface area contributed by atoms with E-state index in [0.29, 0.717) is 39.8 Å². The molecule has 6 aromatic carbocycles. The Kier molecular flexibility index (Phi) is 9.78. The van der Waals surface area contributed by atoms with Gasteiger partial charge in [-0.3, -0.25) is 0 Å². The van der Waals surface area contributed by atoms with E-state index in [1.54, 1.807) is 12.1 Å². The Hall–Kier alpha value is -7.72. The topological polar surface area (TPSA) is 119 Å². The Bertz CT molecular complexity index is 3310. The molecule has 0 unspecified atom stereocenters. The van der Waals surface area contributed by atoms with Gasteiger partial charge in [-0.2, -0.15) is 0 Å². The van der Waals surface area contributed by atoms with Crippen LogP contribution in [-0.2, 0) is 6.42 Å². The maximum atomic E-state index is 13.4. The predicted molar refractivity (Wildman–Crippen MR) is 251 cm³/mol. The second-order valence-corrected chi connectivity index (χ2v) is 16.2. The molecule has 0 aliphatic heterocycles. The van der Waals surface area contributed by atoms with Gasteiger partial charge in [0.05, 0.1) is 0 Å². The minimum atomic E-state index is -0.524. The van der Waals surface area contributed by atoms with E-state index in [0.717, 1.165) is 57.7 Å². The molecule has 0 aliphatic rings. The monoisotopic (exact) mass is 832 g/mol. The van der Waals surface area contributed by atoms with Crippen LogP contribution in [0.15, 0.2) is 149 Å². The van der Waals surface area contributed by atoms with Gasteiger partial charge in [0.2, 0.25) is 11.8 Å². The van der Waals surface area contributed by atoms with Gasteiger partial charge in [-0.25, -0.2) is 19.6 Å². The van der Waals surface area contributed by atoms with Crippen LogP contribution in [0.4, 0.5) is 22.7 Å². The fourth-order valence-corrected chi connectivity index (χ4v) is 8.67. The van der Waals surface area contributed by atoms with Gasteiger partial charge in [0.1, 0.15) is 33.3 Å². The summed E-state index contributed by atoms with van der Waals surface area (Å²) in [6.45, 7) is 14.1. The lowest BCUT2D eigenvalue weighted by Crippen LogP contribution is -2.17. The van der Waals surface area contributed by atoms with Crippen molar-refractivity contribution in [3.05, 3.63) is 176 Å². The Morgan fingerprint density at radius 2 is 0.905 bits per heavy atom. The molecule has 10 aromatic rings. The fourth-order valence-electron chi connectivity index (χ4n) is 8.67. The minimum Gasteiger partial charge on any atom is -0.436 e. The SMILES string of the molecule is CCN(c1ccc2cc(-c3nc4cc(Cc5ccc6oc(-c7cc8ccc(N(CC)c9ccc(C)cc9C)cc8oc7=O)nc6c5)ccc4o3)c(=O)oc2c1)c1ccc(C)cc1C. The lowest BCUT2D eigenvalue weighted by molar-refractivity contribution is 0.553. The third kappa shape index (κ3) is 7.33. The van der Waals surface area contributed by atoms with Crippen LogP contribution in [0.2, 0.25) is 0 Å². The molecule has 4 heterocycles. The van der Waals surface area contributed by atoms with Crippen LogP contribution in [-0.4, -0.2) is 23.1 Å². The third-order valence-electron chi connectivity index (χ3n) is 11.8. The lowest BCUT2D eigenvalue weighted by atomic mass is 10.0. The molecule has 0 bridgehead atoms. The van der Waals surface area contributed by atoms with E-state index in [1.165, 1.54) is 22.3 Å². The zero-order valence-corrected chi connectivity index (χ0v) is 35.9. The first-order valence-corrected chi connectivity index (χ1v) is 21.2. The average Bonchev–Trinajstić information content (AvgIpc) is 3.89. The van der Waals surface area contributed by atoms with Crippen molar-refractivity contribution in [3.8, 4) is 22.9 Å². The molecule has 0 saturated carbocycles. The zero-order valence-electron chi connectivity index (χ0n) is 35.9. The molecule has 0 fully saturated rings. The second kappa shape index (κ2) is 15.6. The number of fused-ring (bicyclic) bond motifs is 4. The third-order valence-corrected chi connectivity index (χ3v) is 11.8. The van der Waals surface area contributed by atoms with Crippen LogP contribution >= 0.6 is 0 Å². The van der Waals surface area contributed by atoms with Crippen LogP contribution < -0.4 is 21.1 Å². The Labute approximate surface area is 362 Å². The van der Waals surface area contributed by atoms with Gasteiger partial charge in [0.25, 0.3) is 0 Å². The highest BCUT2D eigenvalue weighted by Gasteiger charge is 2.20. The Morgan fingerprint density at radius 1 is 0.460 bits per heavy atom. The van der Waals surface area contributed by atoms with E-state index >= 15 is 0 Å². The van der Waals surface area contributed by atoms with E-state index < -0.39 is 11.3 Å². The number of benzene rings is 6. The zero-order chi connectivity index (χ0) is 43.5.